The molecule has 0 fully saturated rings. The first-order valence-corrected chi connectivity index (χ1v) is 10.0. The summed E-state index contributed by atoms with van der Waals surface area (Å²) in [4.78, 5) is 24.9. The van der Waals surface area contributed by atoms with Gasteiger partial charge in [0.15, 0.2) is 9.84 Å². The van der Waals surface area contributed by atoms with Crippen LogP contribution in [0.2, 0.25) is 0 Å². The van der Waals surface area contributed by atoms with Crippen LogP contribution >= 0.6 is 0 Å². The summed E-state index contributed by atoms with van der Waals surface area (Å²) in [6, 6.07) is 12.6. The SMILES string of the molecule is CCOC(=O)c1oc2ccccc2c1NC(=O)c1ccccc1S(C)(=O)=O. The summed E-state index contributed by atoms with van der Waals surface area (Å²) in [5.74, 6) is -1.54. The van der Waals surface area contributed by atoms with Crippen LogP contribution < -0.4 is 5.32 Å². The third-order valence-corrected chi connectivity index (χ3v) is 4.98. The minimum atomic E-state index is -3.61. The van der Waals surface area contributed by atoms with E-state index in [1.165, 1.54) is 18.2 Å². The van der Waals surface area contributed by atoms with Gasteiger partial charge in [-0.05, 0) is 31.2 Å². The molecule has 0 saturated heterocycles. The predicted octanol–water partition coefficient (Wildman–Crippen LogP) is 3.27. The van der Waals surface area contributed by atoms with Gasteiger partial charge in [0.05, 0.1) is 17.1 Å². The maximum Gasteiger partial charge on any atom is 0.376 e. The highest BCUT2D eigenvalue weighted by atomic mass is 32.2. The summed E-state index contributed by atoms with van der Waals surface area (Å²) in [7, 11) is -3.61. The van der Waals surface area contributed by atoms with Gasteiger partial charge in [-0.1, -0.05) is 24.3 Å². The summed E-state index contributed by atoms with van der Waals surface area (Å²) in [6.45, 7) is 1.79. The van der Waals surface area contributed by atoms with Crippen LogP contribution in [0.4, 0.5) is 5.69 Å². The number of carbonyl (C=O) groups excluding carboxylic acids is 2. The molecular weight excluding hydrogens is 370 g/mol. The molecule has 3 rings (SSSR count). The molecule has 0 aliphatic rings. The number of rotatable bonds is 5. The third-order valence-electron chi connectivity index (χ3n) is 3.83. The van der Waals surface area contributed by atoms with Crippen LogP contribution in [0.5, 0.6) is 0 Å². The van der Waals surface area contributed by atoms with Crippen molar-refractivity contribution in [3.8, 4) is 0 Å². The highest BCUT2D eigenvalue weighted by molar-refractivity contribution is 7.90. The molecule has 1 heterocycles. The molecule has 1 N–H and O–H groups in total. The Morgan fingerprint density at radius 1 is 1.07 bits per heavy atom. The standard InChI is InChI=1S/C19H17NO6S/c1-3-25-19(22)17-16(12-8-4-6-10-14(12)26-17)20-18(21)13-9-5-7-11-15(13)27(2,23)24/h4-11H,3H2,1-2H3,(H,20,21). The molecule has 0 aliphatic heterocycles. The Hall–Kier alpha value is -3.13. The lowest BCUT2D eigenvalue weighted by Gasteiger charge is -2.09. The fourth-order valence-electron chi connectivity index (χ4n) is 2.67. The molecule has 0 bridgehead atoms. The van der Waals surface area contributed by atoms with Crippen molar-refractivity contribution in [2.45, 2.75) is 11.8 Å². The predicted molar refractivity (Wildman–Crippen MR) is 99.7 cm³/mol. The molecule has 140 valence electrons. The number of sulfone groups is 1. The summed E-state index contributed by atoms with van der Waals surface area (Å²) in [6.07, 6.45) is 1.02. The Morgan fingerprint density at radius 3 is 2.44 bits per heavy atom. The number of fused-ring (bicyclic) bond motifs is 1. The second kappa shape index (κ2) is 7.24. The van der Waals surface area contributed by atoms with E-state index in [-0.39, 0.29) is 28.5 Å². The van der Waals surface area contributed by atoms with Crippen molar-refractivity contribution >= 4 is 38.4 Å². The number of amides is 1. The molecule has 7 nitrogen and oxygen atoms in total. The van der Waals surface area contributed by atoms with Crippen molar-refractivity contribution in [3.05, 3.63) is 59.9 Å². The van der Waals surface area contributed by atoms with Gasteiger partial charge in [0.25, 0.3) is 5.91 Å². The van der Waals surface area contributed by atoms with Gasteiger partial charge in [0.2, 0.25) is 5.76 Å². The zero-order valence-corrected chi connectivity index (χ0v) is 15.5. The molecule has 0 radical (unpaired) electrons. The van der Waals surface area contributed by atoms with Gasteiger partial charge >= 0.3 is 5.97 Å². The lowest BCUT2D eigenvalue weighted by atomic mass is 10.1. The Kier molecular flexibility index (Phi) is 5.00. The summed E-state index contributed by atoms with van der Waals surface area (Å²) < 4.78 is 34.4. The van der Waals surface area contributed by atoms with Crippen LogP contribution in [0.1, 0.15) is 27.8 Å². The minimum Gasteiger partial charge on any atom is -0.460 e. The number of furan rings is 1. The first kappa shape index (κ1) is 18.7. The van der Waals surface area contributed by atoms with E-state index in [0.717, 1.165) is 6.26 Å². The molecular formula is C19H17NO6S. The van der Waals surface area contributed by atoms with Crippen molar-refractivity contribution in [1.82, 2.24) is 0 Å². The van der Waals surface area contributed by atoms with Gasteiger partial charge in [0, 0.05) is 11.6 Å². The second-order valence-corrected chi connectivity index (χ2v) is 7.73. The van der Waals surface area contributed by atoms with E-state index < -0.39 is 21.7 Å². The van der Waals surface area contributed by atoms with Crippen LogP contribution in [0.15, 0.2) is 57.8 Å². The van der Waals surface area contributed by atoms with E-state index in [1.54, 1.807) is 37.3 Å². The molecule has 27 heavy (non-hydrogen) atoms. The van der Waals surface area contributed by atoms with Gasteiger partial charge in [-0.15, -0.1) is 0 Å². The first-order valence-electron chi connectivity index (χ1n) is 8.12. The van der Waals surface area contributed by atoms with Gasteiger partial charge in [-0.25, -0.2) is 13.2 Å². The quantitative estimate of drug-likeness (QED) is 0.674. The maximum atomic E-state index is 12.8. The Balaban J connectivity index is 2.08. The van der Waals surface area contributed by atoms with Crippen LogP contribution in [-0.4, -0.2) is 33.2 Å². The first-order chi connectivity index (χ1) is 12.8. The monoisotopic (exact) mass is 387 g/mol. The number of anilines is 1. The number of ether oxygens (including phenoxy) is 1. The van der Waals surface area contributed by atoms with Crippen molar-refractivity contribution in [1.29, 1.82) is 0 Å². The maximum absolute atomic E-state index is 12.8. The lowest BCUT2D eigenvalue weighted by molar-refractivity contribution is 0.0494. The van der Waals surface area contributed by atoms with Crippen LogP contribution in [-0.2, 0) is 14.6 Å². The Labute approximate surface area is 155 Å². The smallest absolute Gasteiger partial charge is 0.376 e. The van der Waals surface area contributed by atoms with Gasteiger partial charge in [0.1, 0.15) is 11.3 Å². The number of benzene rings is 2. The highest BCUT2D eigenvalue weighted by Crippen LogP contribution is 2.32. The lowest BCUT2D eigenvalue weighted by Crippen LogP contribution is -2.17. The summed E-state index contributed by atoms with van der Waals surface area (Å²) >= 11 is 0. The van der Waals surface area contributed by atoms with Crippen molar-refractivity contribution in [2.75, 3.05) is 18.2 Å². The molecule has 0 atom stereocenters. The van der Waals surface area contributed by atoms with Crippen molar-refractivity contribution < 1.29 is 27.2 Å². The van der Waals surface area contributed by atoms with Crippen LogP contribution in [0.3, 0.4) is 0 Å². The number of para-hydroxylation sites is 1. The van der Waals surface area contributed by atoms with Crippen LogP contribution in [0.25, 0.3) is 11.0 Å². The topological polar surface area (TPSA) is 103 Å². The van der Waals surface area contributed by atoms with E-state index >= 15 is 0 Å². The number of hydrogen-bond acceptors (Lipinski definition) is 6. The summed E-state index contributed by atoms with van der Waals surface area (Å²) in [5.41, 5.74) is 0.504. The molecule has 0 saturated carbocycles. The normalized spacial score (nSPS) is 11.3. The number of hydrogen-bond donors (Lipinski definition) is 1. The Bertz CT molecular complexity index is 1130. The molecule has 0 spiro atoms. The number of nitrogens with one attached hydrogen (secondary N) is 1. The van der Waals surface area contributed by atoms with E-state index in [1.807, 2.05) is 0 Å². The van der Waals surface area contributed by atoms with Crippen LogP contribution in [0, 0.1) is 0 Å². The van der Waals surface area contributed by atoms with E-state index in [4.69, 9.17) is 9.15 Å². The molecule has 8 heteroatoms. The average Bonchev–Trinajstić information content (AvgIpc) is 3.00. The zero-order chi connectivity index (χ0) is 19.6. The molecule has 1 aromatic heterocycles. The number of esters is 1. The molecule has 0 unspecified atom stereocenters. The number of carbonyl (C=O) groups is 2. The largest absolute Gasteiger partial charge is 0.460 e. The second-order valence-electron chi connectivity index (χ2n) is 5.75. The minimum absolute atomic E-state index is 0.0277. The van der Waals surface area contributed by atoms with E-state index in [2.05, 4.69) is 5.32 Å². The van der Waals surface area contributed by atoms with Gasteiger partial charge in [-0.3, -0.25) is 4.79 Å². The molecule has 2 aromatic carbocycles. The fraction of sp³-hybridized carbons (Fsp3) is 0.158. The fourth-order valence-corrected chi connectivity index (χ4v) is 3.55. The Morgan fingerprint density at radius 2 is 1.74 bits per heavy atom. The molecule has 3 aromatic rings. The molecule has 0 aliphatic carbocycles. The van der Waals surface area contributed by atoms with Gasteiger partial charge in [-0.2, -0.15) is 0 Å². The van der Waals surface area contributed by atoms with Crippen molar-refractivity contribution in [2.24, 2.45) is 0 Å². The van der Waals surface area contributed by atoms with Crippen molar-refractivity contribution in [3.63, 3.8) is 0 Å². The molecule has 1 amide bonds. The van der Waals surface area contributed by atoms with Gasteiger partial charge < -0.3 is 14.5 Å². The highest BCUT2D eigenvalue weighted by Gasteiger charge is 2.25. The average molecular weight is 387 g/mol. The van der Waals surface area contributed by atoms with E-state index in [9.17, 15) is 18.0 Å². The summed E-state index contributed by atoms with van der Waals surface area (Å²) in [5, 5.41) is 3.11. The zero-order valence-electron chi connectivity index (χ0n) is 14.7. The third kappa shape index (κ3) is 3.70. The van der Waals surface area contributed by atoms with E-state index in [0.29, 0.717) is 11.0 Å².